The highest BCUT2D eigenvalue weighted by molar-refractivity contribution is 5.95. The van der Waals surface area contributed by atoms with Gasteiger partial charge in [0.1, 0.15) is 17.4 Å². The van der Waals surface area contributed by atoms with Crippen LogP contribution in [0.3, 0.4) is 0 Å². The van der Waals surface area contributed by atoms with Gasteiger partial charge in [0.15, 0.2) is 11.6 Å². The zero-order valence-corrected chi connectivity index (χ0v) is 14.6. The van der Waals surface area contributed by atoms with Crippen molar-refractivity contribution in [1.82, 2.24) is 19.7 Å². The Morgan fingerprint density at radius 2 is 1.88 bits per heavy atom. The lowest BCUT2D eigenvalue weighted by Gasteiger charge is -2.10. The van der Waals surface area contributed by atoms with Gasteiger partial charge in [-0.3, -0.25) is 4.79 Å². The minimum atomic E-state index is -0.0221. The number of hydrogen-bond donors (Lipinski definition) is 1. The molecule has 7 nitrogen and oxygen atoms in total. The van der Waals surface area contributed by atoms with Crippen LogP contribution in [0.2, 0.25) is 0 Å². The molecule has 0 radical (unpaired) electrons. The molecule has 0 aliphatic carbocycles. The first-order valence-electron chi connectivity index (χ1n) is 7.80. The monoisotopic (exact) mass is 337 g/mol. The minimum absolute atomic E-state index is 0.0221. The van der Waals surface area contributed by atoms with Crippen molar-refractivity contribution < 1.29 is 9.53 Å². The molecule has 0 aliphatic rings. The van der Waals surface area contributed by atoms with Crippen LogP contribution >= 0.6 is 0 Å². The number of Topliss-reactive ketones (excluding diaryl/α,β-unsaturated/α-hetero) is 1. The second-order valence-corrected chi connectivity index (χ2v) is 5.62. The van der Waals surface area contributed by atoms with Crippen molar-refractivity contribution in [3.05, 3.63) is 53.6 Å². The standard InChI is InChI=1S/C18H19N5O2/c1-11-16(12(2)24)10-19-23(11)18-9-17(20-13(3)21-18)22-14-5-7-15(25-4)8-6-14/h5-10H,1-4H3,(H,20,21,22). The molecule has 7 heteroatoms. The summed E-state index contributed by atoms with van der Waals surface area (Å²) in [6.07, 6.45) is 1.56. The van der Waals surface area contributed by atoms with Gasteiger partial charge in [-0.1, -0.05) is 0 Å². The van der Waals surface area contributed by atoms with Crippen molar-refractivity contribution in [2.75, 3.05) is 12.4 Å². The number of nitrogens with zero attached hydrogens (tertiary/aromatic N) is 4. The number of hydrogen-bond acceptors (Lipinski definition) is 6. The highest BCUT2D eigenvalue weighted by Crippen LogP contribution is 2.21. The molecule has 3 aromatic rings. The van der Waals surface area contributed by atoms with E-state index in [1.165, 1.54) is 6.92 Å². The number of nitrogens with one attached hydrogen (secondary N) is 1. The number of methoxy groups -OCH3 is 1. The van der Waals surface area contributed by atoms with Crippen LogP contribution in [-0.2, 0) is 0 Å². The van der Waals surface area contributed by atoms with Crippen molar-refractivity contribution >= 4 is 17.3 Å². The summed E-state index contributed by atoms with van der Waals surface area (Å²) < 4.78 is 6.80. The van der Waals surface area contributed by atoms with Crippen molar-refractivity contribution in [1.29, 1.82) is 0 Å². The van der Waals surface area contributed by atoms with E-state index in [1.807, 2.05) is 38.1 Å². The number of rotatable bonds is 5. The summed E-state index contributed by atoms with van der Waals surface area (Å²) in [7, 11) is 1.63. The van der Waals surface area contributed by atoms with Crippen molar-refractivity contribution in [2.45, 2.75) is 20.8 Å². The second-order valence-electron chi connectivity index (χ2n) is 5.62. The Kier molecular flexibility index (Phi) is 4.47. The Bertz CT molecular complexity index is 916. The number of ether oxygens (including phenoxy) is 1. The highest BCUT2D eigenvalue weighted by Gasteiger charge is 2.13. The Morgan fingerprint density at radius 3 is 2.48 bits per heavy atom. The SMILES string of the molecule is COc1ccc(Nc2cc(-n3ncc(C(C)=O)c3C)nc(C)n2)cc1. The molecule has 1 aromatic carbocycles. The van der Waals surface area contributed by atoms with Crippen LogP contribution in [0, 0.1) is 13.8 Å². The van der Waals surface area contributed by atoms with Gasteiger partial charge in [-0.25, -0.2) is 14.6 Å². The van der Waals surface area contributed by atoms with Crippen LogP contribution in [0.25, 0.3) is 5.82 Å². The summed E-state index contributed by atoms with van der Waals surface area (Å²) in [4.78, 5) is 20.5. The van der Waals surface area contributed by atoms with E-state index < -0.39 is 0 Å². The molecule has 2 aromatic heterocycles. The molecular formula is C18H19N5O2. The molecule has 0 spiro atoms. The Hall–Kier alpha value is -3.22. The number of aromatic nitrogens is 4. The number of carbonyl (C=O) groups is 1. The summed E-state index contributed by atoms with van der Waals surface area (Å²) in [6, 6.07) is 9.34. The van der Waals surface area contributed by atoms with Gasteiger partial charge in [0.25, 0.3) is 0 Å². The van der Waals surface area contributed by atoms with Gasteiger partial charge < -0.3 is 10.1 Å². The van der Waals surface area contributed by atoms with Crippen molar-refractivity contribution in [2.24, 2.45) is 0 Å². The zero-order valence-electron chi connectivity index (χ0n) is 14.6. The molecule has 0 unspecified atom stereocenters. The molecule has 0 aliphatic heterocycles. The normalized spacial score (nSPS) is 10.6. The van der Waals surface area contributed by atoms with E-state index in [9.17, 15) is 4.79 Å². The third-order valence-electron chi connectivity index (χ3n) is 3.79. The van der Waals surface area contributed by atoms with E-state index >= 15 is 0 Å². The average Bonchev–Trinajstić information content (AvgIpc) is 2.97. The fourth-order valence-corrected chi connectivity index (χ4v) is 2.53. The fourth-order valence-electron chi connectivity index (χ4n) is 2.53. The maximum atomic E-state index is 11.6. The van der Waals surface area contributed by atoms with Crippen molar-refractivity contribution in [3.8, 4) is 11.6 Å². The van der Waals surface area contributed by atoms with Crippen molar-refractivity contribution in [3.63, 3.8) is 0 Å². The maximum Gasteiger partial charge on any atom is 0.163 e. The van der Waals surface area contributed by atoms with Crippen LogP contribution in [0.5, 0.6) is 5.75 Å². The van der Waals surface area contributed by atoms with Crippen LogP contribution in [-0.4, -0.2) is 32.6 Å². The lowest BCUT2D eigenvalue weighted by Crippen LogP contribution is -2.07. The molecule has 0 saturated heterocycles. The number of anilines is 2. The number of carbonyl (C=O) groups excluding carboxylic acids is 1. The summed E-state index contributed by atoms with van der Waals surface area (Å²) in [5.41, 5.74) is 2.22. The predicted octanol–water partition coefficient (Wildman–Crippen LogP) is 3.23. The molecular weight excluding hydrogens is 318 g/mol. The summed E-state index contributed by atoms with van der Waals surface area (Å²) >= 11 is 0. The van der Waals surface area contributed by atoms with Crippen LogP contribution in [0.15, 0.2) is 36.5 Å². The second kappa shape index (κ2) is 6.72. The highest BCUT2D eigenvalue weighted by atomic mass is 16.5. The third-order valence-corrected chi connectivity index (χ3v) is 3.79. The predicted molar refractivity (Wildman–Crippen MR) is 94.9 cm³/mol. The number of benzene rings is 1. The fraction of sp³-hybridized carbons (Fsp3) is 0.222. The Balaban J connectivity index is 1.94. The van der Waals surface area contributed by atoms with Gasteiger partial charge in [-0.2, -0.15) is 5.10 Å². The van der Waals surface area contributed by atoms with Crippen LogP contribution in [0.1, 0.15) is 28.8 Å². The average molecular weight is 337 g/mol. The summed E-state index contributed by atoms with van der Waals surface area (Å²) in [5.74, 6) is 2.62. The molecule has 0 saturated carbocycles. The van der Waals surface area contributed by atoms with E-state index in [-0.39, 0.29) is 5.78 Å². The molecule has 0 fully saturated rings. The number of aryl methyl sites for hydroxylation is 1. The van der Waals surface area contributed by atoms with E-state index in [1.54, 1.807) is 24.1 Å². The van der Waals surface area contributed by atoms with E-state index in [4.69, 9.17) is 4.74 Å². The molecule has 1 N–H and O–H groups in total. The lowest BCUT2D eigenvalue weighted by molar-refractivity contribution is 0.101. The first-order valence-corrected chi connectivity index (χ1v) is 7.80. The third kappa shape index (κ3) is 3.50. The molecule has 2 heterocycles. The molecule has 0 amide bonds. The van der Waals surface area contributed by atoms with E-state index in [2.05, 4.69) is 20.4 Å². The van der Waals surface area contributed by atoms with Gasteiger partial charge in [0, 0.05) is 11.8 Å². The minimum Gasteiger partial charge on any atom is -0.497 e. The van der Waals surface area contributed by atoms with Crippen LogP contribution in [0.4, 0.5) is 11.5 Å². The summed E-state index contributed by atoms with van der Waals surface area (Å²) in [6.45, 7) is 5.18. The van der Waals surface area contributed by atoms with Gasteiger partial charge in [0.05, 0.1) is 24.6 Å². The Morgan fingerprint density at radius 1 is 1.16 bits per heavy atom. The van der Waals surface area contributed by atoms with E-state index in [0.29, 0.717) is 23.0 Å². The molecule has 0 bridgehead atoms. The topological polar surface area (TPSA) is 81.9 Å². The van der Waals surface area contributed by atoms with Crippen LogP contribution < -0.4 is 10.1 Å². The first kappa shape index (κ1) is 16.6. The Labute approximate surface area is 145 Å². The van der Waals surface area contributed by atoms with Gasteiger partial charge in [-0.15, -0.1) is 0 Å². The number of ketones is 1. The molecule has 3 rings (SSSR count). The maximum absolute atomic E-state index is 11.6. The molecule has 25 heavy (non-hydrogen) atoms. The lowest BCUT2D eigenvalue weighted by atomic mass is 10.2. The molecule has 0 atom stereocenters. The smallest absolute Gasteiger partial charge is 0.163 e. The van der Waals surface area contributed by atoms with E-state index in [0.717, 1.165) is 17.1 Å². The summed E-state index contributed by atoms with van der Waals surface area (Å²) in [5, 5.41) is 7.52. The largest absolute Gasteiger partial charge is 0.497 e. The van der Waals surface area contributed by atoms with Gasteiger partial charge >= 0.3 is 0 Å². The quantitative estimate of drug-likeness (QED) is 0.720. The zero-order chi connectivity index (χ0) is 18.0. The first-order chi connectivity index (χ1) is 12.0. The van der Waals surface area contributed by atoms with Gasteiger partial charge in [-0.05, 0) is 45.0 Å². The molecule has 128 valence electrons. The van der Waals surface area contributed by atoms with Gasteiger partial charge in [0.2, 0.25) is 0 Å².